The van der Waals surface area contributed by atoms with E-state index >= 15 is 0 Å². The van der Waals surface area contributed by atoms with E-state index in [1.165, 1.54) is 0 Å². The molecule has 0 heterocycles. The first-order valence-corrected chi connectivity index (χ1v) is 5.88. The minimum atomic E-state index is -1.05. The molecule has 1 aromatic carbocycles. The lowest BCUT2D eigenvalue weighted by Crippen LogP contribution is -2.15. The number of carboxylic acids is 1. The van der Waals surface area contributed by atoms with E-state index in [0.717, 1.165) is 12.8 Å². The Morgan fingerprint density at radius 3 is 2.72 bits per heavy atom. The van der Waals surface area contributed by atoms with Gasteiger partial charge in [-0.05, 0) is 30.9 Å². The van der Waals surface area contributed by atoms with E-state index in [1.54, 1.807) is 24.3 Å². The maximum absolute atomic E-state index is 11.7. The second-order valence-electron chi connectivity index (χ2n) is 4.37. The van der Waals surface area contributed by atoms with E-state index in [2.05, 4.69) is 5.32 Å². The summed E-state index contributed by atoms with van der Waals surface area (Å²) in [6, 6.07) is 6.83. The number of carbonyl (C=O) groups excluding carboxylic acids is 1. The lowest BCUT2D eigenvalue weighted by molar-refractivity contribution is -0.139. The van der Waals surface area contributed by atoms with Crippen LogP contribution in [-0.2, 0) is 9.59 Å². The number of para-hydroxylation sites is 2. The van der Waals surface area contributed by atoms with Gasteiger partial charge in [0.2, 0.25) is 5.91 Å². The zero-order valence-electron chi connectivity index (χ0n) is 9.89. The predicted molar refractivity (Wildman–Crippen MR) is 65.5 cm³/mol. The zero-order valence-corrected chi connectivity index (χ0v) is 9.89. The van der Waals surface area contributed by atoms with Gasteiger partial charge in [-0.3, -0.25) is 4.79 Å². The number of amides is 1. The number of carboxylic acid groups (broad SMARTS) is 1. The fraction of sp³-hybridized carbons (Fsp3) is 0.385. The van der Waals surface area contributed by atoms with Gasteiger partial charge in [0.05, 0.1) is 5.69 Å². The molecule has 5 heteroatoms. The fourth-order valence-corrected chi connectivity index (χ4v) is 1.62. The van der Waals surface area contributed by atoms with Crippen LogP contribution < -0.4 is 10.1 Å². The SMILES string of the molecule is O=C(O)COc1ccccc1NC(=O)CC1CC1. The molecular formula is C13H15NO4. The largest absolute Gasteiger partial charge is 0.480 e. The van der Waals surface area contributed by atoms with Crippen molar-refractivity contribution in [1.82, 2.24) is 0 Å². The first-order valence-electron chi connectivity index (χ1n) is 5.88. The van der Waals surface area contributed by atoms with Crippen molar-refractivity contribution in [3.05, 3.63) is 24.3 Å². The minimum absolute atomic E-state index is 0.0520. The van der Waals surface area contributed by atoms with Crippen LogP contribution in [0.4, 0.5) is 5.69 Å². The molecule has 0 radical (unpaired) electrons. The van der Waals surface area contributed by atoms with Gasteiger partial charge in [-0.2, -0.15) is 0 Å². The number of hydrogen-bond acceptors (Lipinski definition) is 3. The third kappa shape index (κ3) is 3.76. The number of carbonyl (C=O) groups is 2. The molecule has 96 valence electrons. The molecular weight excluding hydrogens is 234 g/mol. The van der Waals surface area contributed by atoms with E-state index in [-0.39, 0.29) is 5.91 Å². The van der Waals surface area contributed by atoms with Crippen LogP contribution in [0, 0.1) is 5.92 Å². The van der Waals surface area contributed by atoms with Crippen LogP contribution >= 0.6 is 0 Å². The second-order valence-corrected chi connectivity index (χ2v) is 4.37. The third-order valence-electron chi connectivity index (χ3n) is 2.68. The molecule has 2 N–H and O–H groups in total. The van der Waals surface area contributed by atoms with E-state index in [9.17, 15) is 9.59 Å². The number of aliphatic carboxylic acids is 1. The summed E-state index contributed by atoms with van der Waals surface area (Å²) in [7, 11) is 0. The molecule has 1 aromatic rings. The number of anilines is 1. The smallest absolute Gasteiger partial charge is 0.341 e. The minimum Gasteiger partial charge on any atom is -0.480 e. The standard InChI is InChI=1S/C13H15NO4/c15-12(7-9-5-6-9)14-10-3-1-2-4-11(10)18-8-13(16)17/h1-4,9H,5-8H2,(H,14,15)(H,16,17). The normalized spacial score (nSPS) is 14.0. The highest BCUT2D eigenvalue weighted by molar-refractivity contribution is 5.92. The molecule has 2 rings (SSSR count). The Bertz CT molecular complexity index is 454. The van der Waals surface area contributed by atoms with Crippen molar-refractivity contribution in [1.29, 1.82) is 0 Å². The van der Waals surface area contributed by atoms with Gasteiger partial charge in [-0.1, -0.05) is 12.1 Å². The molecule has 1 aliphatic carbocycles. The maximum Gasteiger partial charge on any atom is 0.341 e. The van der Waals surface area contributed by atoms with Gasteiger partial charge >= 0.3 is 5.97 Å². The van der Waals surface area contributed by atoms with Crippen molar-refractivity contribution in [3.63, 3.8) is 0 Å². The number of nitrogens with one attached hydrogen (secondary N) is 1. The van der Waals surface area contributed by atoms with Gasteiger partial charge in [-0.25, -0.2) is 4.79 Å². The van der Waals surface area contributed by atoms with Crippen LogP contribution in [0.3, 0.4) is 0 Å². The van der Waals surface area contributed by atoms with Gasteiger partial charge in [-0.15, -0.1) is 0 Å². The number of ether oxygens (including phenoxy) is 1. The number of rotatable bonds is 6. The molecule has 1 aliphatic rings. The molecule has 0 unspecified atom stereocenters. The summed E-state index contributed by atoms with van der Waals surface area (Å²) in [6.07, 6.45) is 2.75. The molecule has 0 bridgehead atoms. The van der Waals surface area contributed by atoms with Crippen LogP contribution in [0.1, 0.15) is 19.3 Å². The third-order valence-corrected chi connectivity index (χ3v) is 2.68. The van der Waals surface area contributed by atoms with Crippen molar-refractivity contribution < 1.29 is 19.4 Å². The van der Waals surface area contributed by atoms with Crippen LogP contribution in [-0.4, -0.2) is 23.6 Å². The van der Waals surface area contributed by atoms with E-state index in [0.29, 0.717) is 23.8 Å². The monoisotopic (exact) mass is 249 g/mol. The van der Waals surface area contributed by atoms with Gasteiger partial charge in [0.1, 0.15) is 5.75 Å². The highest BCUT2D eigenvalue weighted by atomic mass is 16.5. The Morgan fingerprint density at radius 2 is 2.06 bits per heavy atom. The summed E-state index contributed by atoms with van der Waals surface area (Å²) in [5.41, 5.74) is 0.518. The fourth-order valence-electron chi connectivity index (χ4n) is 1.62. The summed E-state index contributed by atoms with van der Waals surface area (Å²) in [6.45, 7) is -0.421. The highest BCUT2D eigenvalue weighted by Gasteiger charge is 2.24. The van der Waals surface area contributed by atoms with Gasteiger partial charge in [0, 0.05) is 6.42 Å². The Kier molecular flexibility index (Phi) is 3.82. The predicted octanol–water partition coefficient (Wildman–Crippen LogP) is 1.89. The summed E-state index contributed by atoms with van der Waals surface area (Å²) >= 11 is 0. The van der Waals surface area contributed by atoms with Crippen molar-refractivity contribution >= 4 is 17.6 Å². The Hall–Kier alpha value is -2.04. The van der Waals surface area contributed by atoms with Crippen molar-refractivity contribution in [2.75, 3.05) is 11.9 Å². The molecule has 0 aliphatic heterocycles. The topological polar surface area (TPSA) is 75.6 Å². The van der Waals surface area contributed by atoms with Crippen molar-refractivity contribution in [2.24, 2.45) is 5.92 Å². The van der Waals surface area contributed by atoms with E-state index in [4.69, 9.17) is 9.84 Å². The molecule has 0 saturated heterocycles. The Labute approximate surface area is 105 Å². The summed E-state index contributed by atoms with van der Waals surface area (Å²) in [5, 5.41) is 11.3. The molecule has 0 atom stereocenters. The molecule has 1 amide bonds. The van der Waals surface area contributed by atoms with Crippen LogP contribution in [0.5, 0.6) is 5.75 Å². The van der Waals surface area contributed by atoms with Crippen LogP contribution in [0.15, 0.2) is 24.3 Å². The molecule has 5 nitrogen and oxygen atoms in total. The van der Waals surface area contributed by atoms with Crippen molar-refractivity contribution in [2.45, 2.75) is 19.3 Å². The average Bonchev–Trinajstić information content (AvgIpc) is 3.11. The molecule has 0 aromatic heterocycles. The van der Waals surface area contributed by atoms with Crippen LogP contribution in [0.2, 0.25) is 0 Å². The quantitative estimate of drug-likeness (QED) is 0.807. The summed E-state index contributed by atoms with van der Waals surface area (Å²) in [4.78, 5) is 22.1. The lowest BCUT2D eigenvalue weighted by atomic mass is 10.2. The Morgan fingerprint density at radius 1 is 1.33 bits per heavy atom. The van der Waals surface area contributed by atoms with Crippen molar-refractivity contribution in [3.8, 4) is 5.75 Å². The molecule has 0 spiro atoms. The molecule has 1 fully saturated rings. The molecule has 1 saturated carbocycles. The van der Waals surface area contributed by atoms with E-state index in [1.807, 2.05) is 0 Å². The Balaban J connectivity index is 1.96. The van der Waals surface area contributed by atoms with Gasteiger partial charge in [0.25, 0.3) is 0 Å². The molecule has 18 heavy (non-hydrogen) atoms. The average molecular weight is 249 g/mol. The van der Waals surface area contributed by atoms with Gasteiger partial charge in [0.15, 0.2) is 6.61 Å². The summed E-state index contributed by atoms with van der Waals surface area (Å²) < 4.78 is 5.11. The lowest BCUT2D eigenvalue weighted by Gasteiger charge is -2.10. The second kappa shape index (κ2) is 5.53. The first-order chi connectivity index (χ1) is 8.65. The maximum atomic E-state index is 11.7. The van der Waals surface area contributed by atoms with Crippen LogP contribution in [0.25, 0.3) is 0 Å². The van der Waals surface area contributed by atoms with E-state index < -0.39 is 12.6 Å². The number of benzene rings is 1. The highest BCUT2D eigenvalue weighted by Crippen LogP contribution is 2.33. The van der Waals surface area contributed by atoms with Gasteiger partial charge < -0.3 is 15.2 Å². The number of hydrogen-bond donors (Lipinski definition) is 2. The summed E-state index contributed by atoms with van der Waals surface area (Å²) in [5.74, 6) is -0.209. The zero-order chi connectivity index (χ0) is 13.0. The first kappa shape index (κ1) is 12.4.